The van der Waals surface area contributed by atoms with E-state index in [4.69, 9.17) is 4.74 Å². The van der Waals surface area contributed by atoms with Gasteiger partial charge in [0.2, 0.25) is 5.95 Å². The van der Waals surface area contributed by atoms with Crippen molar-refractivity contribution in [2.75, 3.05) is 5.32 Å². The molecule has 6 nitrogen and oxygen atoms in total. The molecule has 24 heavy (non-hydrogen) atoms. The first kappa shape index (κ1) is 15.9. The number of nitrogens with one attached hydrogen (secondary N) is 1. The highest BCUT2D eigenvalue weighted by molar-refractivity contribution is 5.54. The molecule has 2 aromatic heterocycles. The van der Waals surface area contributed by atoms with Crippen LogP contribution < -0.4 is 10.1 Å². The summed E-state index contributed by atoms with van der Waals surface area (Å²) in [7, 11) is 0. The van der Waals surface area contributed by atoms with Gasteiger partial charge in [0.05, 0.1) is 0 Å². The van der Waals surface area contributed by atoms with Crippen molar-refractivity contribution in [1.29, 1.82) is 0 Å². The number of hydrogen-bond acceptors (Lipinski definition) is 6. The van der Waals surface area contributed by atoms with E-state index in [0.717, 1.165) is 28.5 Å². The lowest BCUT2D eigenvalue weighted by atomic mass is 10.3. The highest BCUT2D eigenvalue weighted by Gasteiger charge is 2.04. The fraction of sp³-hybridized carbons (Fsp3) is 0.222. The van der Waals surface area contributed by atoms with Crippen molar-refractivity contribution in [3.8, 4) is 11.8 Å². The molecule has 3 aromatic rings. The second-order valence-electron chi connectivity index (χ2n) is 5.66. The lowest BCUT2D eigenvalue weighted by molar-refractivity contribution is 0.439. The van der Waals surface area contributed by atoms with E-state index in [-0.39, 0.29) is 0 Å². The number of rotatable bonds is 4. The maximum absolute atomic E-state index is 5.70. The molecule has 0 radical (unpaired) electrons. The van der Waals surface area contributed by atoms with Crippen molar-refractivity contribution in [1.82, 2.24) is 19.9 Å². The van der Waals surface area contributed by atoms with Crippen LogP contribution in [-0.2, 0) is 0 Å². The number of nitrogens with zero attached hydrogens (tertiary/aromatic N) is 4. The van der Waals surface area contributed by atoms with Gasteiger partial charge in [-0.1, -0.05) is 0 Å². The van der Waals surface area contributed by atoms with Crippen LogP contribution >= 0.6 is 0 Å². The molecular formula is C18H19N5O. The second-order valence-corrected chi connectivity index (χ2v) is 5.66. The molecule has 0 aliphatic rings. The van der Waals surface area contributed by atoms with Crippen molar-refractivity contribution in [2.24, 2.45) is 0 Å². The Morgan fingerprint density at radius 2 is 1.21 bits per heavy atom. The van der Waals surface area contributed by atoms with Crippen molar-refractivity contribution in [3.63, 3.8) is 0 Å². The number of ether oxygens (including phenoxy) is 1. The van der Waals surface area contributed by atoms with Crippen LogP contribution in [0.1, 0.15) is 22.8 Å². The Hall–Kier alpha value is -3.02. The van der Waals surface area contributed by atoms with Gasteiger partial charge in [0.25, 0.3) is 0 Å². The predicted molar refractivity (Wildman–Crippen MR) is 92.8 cm³/mol. The number of benzene rings is 1. The molecule has 0 amide bonds. The Morgan fingerprint density at radius 1 is 0.708 bits per heavy atom. The molecule has 0 spiro atoms. The second kappa shape index (κ2) is 6.62. The van der Waals surface area contributed by atoms with Crippen molar-refractivity contribution < 1.29 is 4.74 Å². The van der Waals surface area contributed by atoms with Gasteiger partial charge in [-0.05, 0) is 64.1 Å². The van der Waals surface area contributed by atoms with Gasteiger partial charge in [-0.15, -0.1) is 0 Å². The largest absolute Gasteiger partial charge is 0.424 e. The minimum absolute atomic E-state index is 0.353. The van der Waals surface area contributed by atoms with Crippen LogP contribution in [0, 0.1) is 27.7 Å². The zero-order valence-corrected chi connectivity index (χ0v) is 14.2. The van der Waals surface area contributed by atoms with E-state index in [2.05, 4.69) is 25.3 Å². The molecule has 0 unspecified atom stereocenters. The van der Waals surface area contributed by atoms with E-state index >= 15 is 0 Å². The van der Waals surface area contributed by atoms with Gasteiger partial charge < -0.3 is 10.1 Å². The smallest absolute Gasteiger partial charge is 0.322 e. The van der Waals surface area contributed by atoms with Crippen molar-refractivity contribution in [3.05, 3.63) is 59.2 Å². The molecule has 0 atom stereocenters. The Labute approximate surface area is 141 Å². The molecule has 0 saturated heterocycles. The van der Waals surface area contributed by atoms with Crippen molar-refractivity contribution in [2.45, 2.75) is 27.7 Å². The molecule has 0 fully saturated rings. The third-order valence-corrected chi connectivity index (χ3v) is 3.26. The summed E-state index contributed by atoms with van der Waals surface area (Å²) < 4.78 is 5.70. The lowest BCUT2D eigenvalue weighted by Crippen LogP contribution is -2.00. The molecule has 0 bridgehead atoms. The van der Waals surface area contributed by atoms with Gasteiger partial charge in [-0.3, -0.25) is 0 Å². The molecule has 0 aliphatic heterocycles. The highest BCUT2D eigenvalue weighted by Crippen LogP contribution is 2.22. The molecule has 3 rings (SSSR count). The zero-order chi connectivity index (χ0) is 17.1. The van der Waals surface area contributed by atoms with Crippen LogP contribution in [0.5, 0.6) is 11.8 Å². The summed E-state index contributed by atoms with van der Waals surface area (Å²) in [6, 6.07) is 11.7. The summed E-state index contributed by atoms with van der Waals surface area (Å²) in [5.41, 5.74) is 4.49. The first-order valence-electron chi connectivity index (χ1n) is 7.67. The molecule has 0 aliphatic carbocycles. The van der Waals surface area contributed by atoms with Crippen LogP contribution in [0.25, 0.3) is 0 Å². The first-order chi connectivity index (χ1) is 11.5. The van der Waals surface area contributed by atoms with Gasteiger partial charge in [-0.2, -0.15) is 0 Å². The van der Waals surface area contributed by atoms with E-state index in [1.54, 1.807) is 0 Å². The van der Waals surface area contributed by atoms with Gasteiger partial charge in [0, 0.05) is 28.5 Å². The third-order valence-electron chi connectivity index (χ3n) is 3.26. The van der Waals surface area contributed by atoms with Gasteiger partial charge >= 0.3 is 6.01 Å². The maximum atomic E-state index is 5.70. The minimum Gasteiger partial charge on any atom is -0.424 e. The normalized spacial score (nSPS) is 10.5. The molecule has 2 heterocycles. The Kier molecular flexibility index (Phi) is 4.37. The quantitative estimate of drug-likeness (QED) is 0.782. The number of anilines is 2. The first-order valence-corrected chi connectivity index (χ1v) is 7.67. The van der Waals surface area contributed by atoms with Crippen LogP contribution in [0.2, 0.25) is 0 Å². The molecule has 6 heteroatoms. The molecule has 1 aromatic carbocycles. The predicted octanol–water partition coefficient (Wildman–Crippen LogP) is 4.04. The molecule has 0 saturated carbocycles. The highest BCUT2D eigenvalue weighted by atomic mass is 16.5. The average Bonchev–Trinajstić information content (AvgIpc) is 2.47. The maximum Gasteiger partial charge on any atom is 0.322 e. The van der Waals surface area contributed by atoms with E-state index in [1.807, 2.05) is 64.1 Å². The average molecular weight is 321 g/mol. The fourth-order valence-electron chi connectivity index (χ4n) is 2.36. The Morgan fingerprint density at radius 3 is 1.75 bits per heavy atom. The SMILES string of the molecule is Cc1cc(C)nc(Nc2ccc(Oc3nc(C)cc(C)n3)cc2)n1. The summed E-state index contributed by atoms with van der Waals surface area (Å²) in [6.45, 7) is 7.72. The van der Waals surface area contributed by atoms with Gasteiger partial charge in [0.15, 0.2) is 0 Å². The number of aryl methyl sites for hydroxylation is 4. The molecule has 1 N–H and O–H groups in total. The number of aromatic nitrogens is 4. The summed E-state index contributed by atoms with van der Waals surface area (Å²) >= 11 is 0. The van der Waals surface area contributed by atoms with Gasteiger partial charge in [-0.25, -0.2) is 19.9 Å². The standard InChI is InChI=1S/C18H19N5O/c1-11-9-12(2)20-17(19-11)23-15-5-7-16(8-6-15)24-18-21-13(3)10-14(4)22-18/h5-10H,1-4H3,(H,19,20,23). The number of hydrogen-bond donors (Lipinski definition) is 1. The Balaban J connectivity index is 1.73. The minimum atomic E-state index is 0.353. The summed E-state index contributed by atoms with van der Waals surface area (Å²) in [5, 5.41) is 3.19. The van der Waals surface area contributed by atoms with Crippen LogP contribution in [0.4, 0.5) is 11.6 Å². The lowest BCUT2D eigenvalue weighted by Gasteiger charge is -2.08. The molecular weight excluding hydrogens is 302 g/mol. The fourth-order valence-corrected chi connectivity index (χ4v) is 2.36. The van der Waals surface area contributed by atoms with Gasteiger partial charge in [0.1, 0.15) is 5.75 Å². The van der Waals surface area contributed by atoms with Crippen molar-refractivity contribution >= 4 is 11.6 Å². The van der Waals surface area contributed by atoms with E-state index in [1.165, 1.54) is 0 Å². The van der Waals surface area contributed by atoms with Crippen LogP contribution in [0.3, 0.4) is 0 Å². The summed E-state index contributed by atoms with van der Waals surface area (Å²) in [5.74, 6) is 1.26. The van der Waals surface area contributed by atoms with E-state index in [9.17, 15) is 0 Å². The van der Waals surface area contributed by atoms with Crippen LogP contribution in [-0.4, -0.2) is 19.9 Å². The Bertz CT molecular complexity index is 749. The van der Waals surface area contributed by atoms with E-state index < -0.39 is 0 Å². The van der Waals surface area contributed by atoms with E-state index in [0.29, 0.717) is 17.7 Å². The monoisotopic (exact) mass is 321 g/mol. The zero-order valence-electron chi connectivity index (χ0n) is 14.2. The molecule has 122 valence electrons. The third kappa shape index (κ3) is 4.04. The summed E-state index contributed by atoms with van der Waals surface area (Å²) in [4.78, 5) is 17.3. The summed E-state index contributed by atoms with van der Waals surface area (Å²) in [6.07, 6.45) is 0. The van der Waals surface area contributed by atoms with Crippen LogP contribution in [0.15, 0.2) is 36.4 Å². The topological polar surface area (TPSA) is 72.8 Å².